The van der Waals surface area contributed by atoms with Crippen molar-refractivity contribution in [1.29, 1.82) is 5.26 Å². The summed E-state index contributed by atoms with van der Waals surface area (Å²) in [6, 6.07) is 2.31. The molecule has 0 bridgehead atoms. The van der Waals surface area contributed by atoms with Crippen LogP contribution in [0.2, 0.25) is 0 Å². The smallest absolute Gasteiger partial charge is 0.153 e. The third kappa shape index (κ3) is 1.19. The van der Waals surface area contributed by atoms with Crippen LogP contribution in [0.4, 0.5) is 0 Å². The minimum absolute atomic E-state index is 0.184. The molecule has 1 fully saturated rings. The van der Waals surface area contributed by atoms with Crippen LogP contribution in [0.15, 0.2) is 11.6 Å². The van der Waals surface area contributed by atoms with E-state index in [1.165, 1.54) is 5.57 Å². The molecule has 0 aromatic heterocycles. The molecule has 2 atom stereocenters. The van der Waals surface area contributed by atoms with Gasteiger partial charge in [-0.25, -0.2) is 0 Å². The first kappa shape index (κ1) is 9.45. The number of Topliss-reactive ketones (excluding diaryl/α,β-unsaturated/α-hetero) is 1. The van der Waals surface area contributed by atoms with E-state index in [4.69, 9.17) is 0 Å². The van der Waals surface area contributed by atoms with Gasteiger partial charge in [-0.2, -0.15) is 5.26 Å². The van der Waals surface area contributed by atoms with E-state index in [1.807, 2.05) is 6.92 Å². The third-order valence-electron chi connectivity index (χ3n) is 3.66. The second kappa shape index (κ2) is 3.24. The molecule has 1 saturated carbocycles. The summed E-state index contributed by atoms with van der Waals surface area (Å²) in [5.41, 5.74) is 0.551. The number of rotatable bonds is 0. The van der Waals surface area contributed by atoms with Crippen molar-refractivity contribution >= 4 is 5.78 Å². The largest absolute Gasteiger partial charge is 0.298 e. The van der Waals surface area contributed by atoms with Crippen LogP contribution in [-0.2, 0) is 4.79 Å². The van der Waals surface area contributed by atoms with Gasteiger partial charge in [0.2, 0.25) is 0 Å². The number of fused-ring (bicyclic) bond motifs is 1. The molecule has 0 aliphatic heterocycles. The van der Waals surface area contributed by atoms with E-state index < -0.39 is 5.41 Å². The first-order valence-corrected chi connectivity index (χ1v) is 5.29. The van der Waals surface area contributed by atoms with E-state index in [0.717, 1.165) is 19.3 Å². The zero-order valence-corrected chi connectivity index (χ0v) is 8.55. The molecule has 74 valence electrons. The topological polar surface area (TPSA) is 40.9 Å². The number of nitriles is 1. The monoisotopic (exact) mass is 189 g/mol. The molecule has 14 heavy (non-hydrogen) atoms. The Kier molecular flexibility index (Phi) is 2.19. The number of nitrogens with zero attached hydrogens (tertiary/aromatic N) is 1. The normalized spacial score (nSPS) is 37.0. The number of allylic oxidation sites excluding steroid dienone is 2. The first-order chi connectivity index (χ1) is 6.69. The summed E-state index contributed by atoms with van der Waals surface area (Å²) in [7, 11) is 0. The third-order valence-corrected chi connectivity index (χ3v) is 3.66. The number of carbonyl (C=O) groups is 1. The molecule has 0 saturated heterocycles. The van der Waals surface area contributed by atoms with Crippen molar-refractivity contribution in [2.45, 2.75) is 39.0 Å². The molecular weight excluding hydrogens is 174 g/mol. The fourth-order valence-electron chi connectivity index (χ4n) is 2.82. The lowest BCUT2D eigenvalue weighted by molar-refractivity contribution is -0.131. The zero-order valence-electron chi connectivity index (χ0n) is 8.55. The fraction of sp³-hybridized carbons (Fsp3) is 0.667. The summed E-state index contributed by atoms with van der Waals surface area (Å²) in [5, 5.41) is 9.27. The van der Waals surface area contributed by atoms with Gasteiger partial charge in [0.15, 0.2) is 5.78 Å². The number of carbonyl (C=O) groups excluding carboxylic acids is 1. The average molecular weight is 189 g/mol. The Morgan fingerprint density at radius 2 is 2.43 bits per heavy atom. The lowest BCUT2D eigenvalue weighted by atomic mass is 9.60. The highest BCUT2D eigenvalue weighted by molar-refractivity contribution is 5.89. The van der Waals surface area contributed by atoms with Crippen LogP contribution in [0.5, 0.6) is 0 Å². The van der Waals surface area contributed by atoms with Gasteiger partial charge in [-0.3, -0.25) is 4.79 Å². The van der Waals surface area contributed by atoms with E-state index in [0.29, 0.717) is 12.8 Å². The maximum atomic E-state index is 11.9. The molecule has 2 heteroatoms. The lowest BCUT2D eigenvalue weighted by Crippen LogP contribution is -2.42. The highest BCUT2D eigenvalue weighted by Gasteiger charge is 2.48. The molecule has 0 aromatic rings. The Balaban J connectivity index is 2.39. The van der Waals surface area contributed by atoms with Crippen LogP contribution in [0.25, 0.3) is 0 Å². The summed E-state index contributed by atoms with van der Waals surface area (Å²) in [6.45, 7) is 2.02. The van der Waals surface area contributed by atoms with Gasteiger partial charge in [-0.1, -0.05) is 11.6 Å². The maximum absolute atomic E-state index is 11.9. The van der Waals surface area contributed by atoms with Gasteiger partial charge >= 0.3 is 0 Å². The summed E-state index contributed by atoms with van der Waals surface area (Å²) < 4.78 is 0. The van der Waals surface area contributed by atoms with E-state index in [9.17, 15) is 10.1 Å². The Labute approximate surface area is 84.6 Å². The van der Waals surface area contributed by atoms with E-state index in [-0.39, 0.29) is 11.7 Å². The van der Waals surface area contributed by atoms with E-state index >= 15 is 0 Å². The molecular formula is C12H15NO. The molecule has 2 nitrogen and oxygen atoms in total. The van der Waals surface area contributed by atoms with Gasteiger partial charge < -0.3 is 0 Å². The molecule has 0 amide bonds. The summed E-state index contributed by atoms with van der Waals surface area (Å²) in [4.78, 5) is 11.9. The maximum Gasteiger partial charge on any atom is 0.153 e. The SMILES string of the molecule is CC1=CC[C@H]2CCCC(=O)[C@]2(C#N)C1. The summed E-state index contributed by atoms with van der Waals surface area (Å²) in [6.07, 6.45) is 6.41. The molecule has 2 aliphatic carbocycles. The minimum Gasteiger partial charge on any atom is -0.298 e. The van der Waals surface area contributed by atoms with Crippen LogP contribution in [0.1, 0.15) is 39.0 Å². The molecule has 2 rings (SSSR count). The molecule has 2 aliphatic rings. The zero-order chi connectivity index (χ0) is 10.2. The standard InChI is InChI=1S/C12H15NO/c1-9-5-6-10-3-2-4-11(14)12(10,7-9)8-13/h5,10H,2-4,6-7H2,1H3/t10-,12+/m1/s1. The van der Waals surface area contributed by atoms with Gasteiger partial charge in [0.05, 0.1) is 6.07 Å². The second-order valence-corrected chi connectivity index (χ2v) is 4.56. The van der Waals surface area contributed by atoms with E-state index in [1.54, 1.807) is 0 Å². The van der Waals surface area contributed by atoms with Crippen molar-refractivity contribution in [3.8, 4) is 6.07 Å². The molecule has 0 spiro atoms. The van der Waals surface area contributed by atoms with Gasteiger partial charge in [-0.05, 0) is 38.5 Å². The van der Waals surface area contributed by atoms with Gasteiger partial charge in [0.1, 0.15) is 5.41 Å². The predicted octanol–water partition coefficient (Wildman–Crippen LogP) is 2.61. The predicted molar refractivity (Wildman–Crippen MR) is 53.4 cm³/mol. The average Bonchev–Trinajstić information content (AvgIpc) is 2.19. The molecule has 0 heterocycles. The fourth-order valence-corrected chi connectivity index (χ4v) is 2.82. The van der Waals surface area contributed by atoms with Gasteiger partial charge in [-0.15, -0.1) is 0 Å². The lowest BCUT2D eigenvalue weighted by Gasteiger charge is -2.40. The molecule has 0 N–H and O–H groups in total. The van der Waals surface area contributed by atoms with Crippen LogP contribution in [0.3, 0.4) is 0 Å². The highest BCUT2D eigenvalue weighted by Crippen LogP contribution is 2.47. The van der Waals surface area contributed by atoms with Crippen molar-refractivity contribution in [1.82, 2.24) is 0 Å². The summed E-state index contributed by atoms with van der Waals surface area (Å²) >= 11 is 0. The van der Waals surface area contributed by atoms with Crippen molar-refractivity contribution in [3.05, 3.63) is 11.6 Å². The van der Waals surface area contributed by atoms with Crippen molar-refractivity contribution in [2.75, 3.05) is 0 Å². The number of hydrogen-bond acceptors (Lipinski definition) is 2. The van der Waals surface area contributed by atoms with Crippen LogP contribution in [0, 0.1) is 22.7 Å². The van der Waals surface area contributed by atoms with Gasteiger partial charge in [0.25, 0.3) is 0 Å². The van der Waals surface area contributed by atoms with E-state index in [2.05, 4.69) is 12.1 Å². The van der Waals surface area contributed by atoms with Crippen LogP contribution < -0.4 is 0 Å². The molecule has 0 aromatic carbocycles. The Morgan fingerprint density at radius 1 is 1.64 bits per heavy atom. The second-order valence-electron chi connectivity index (χ2n) is 4.56. The first-order valence-electron chi connectivity index (χ1n) is 5.29. The highest BCUT2D eigenvalue weighted by atomic mass is 16.1. The van der Waals surface area contributed by atoms with Crippen molar-refractivity contribution < 1.29 is 4.79 Å². The van der Waals surface area contributed by atoms with Crippen LogP contribution in [-0.4, -0.2) is 5.78 Å². The Bertz CT molecular complexity index is 337. The minimum atomic E-state index is -0.656. The molecule has 0 unspecified atom stereocenters. The number of ketones is 1. The Morgan fingerprint density at radius 3 is 3.14 bits per heavy atom. The number of hydrogen-bond donors (Lipinski definition) is 0. The Hall–Kier alpha value is -1.10. The van der Waals surface area contributed by atoms with Gasteiger partial charge in [0, 0.05) is 6.42 Å². The van der Waals surface area contributed by atoms with Crippen molar-refractivity contribution in [3.63, 3.8) is 0 Å². The summed E-state index contributed by atoms with van der Waals surface area (Å²) in [5.74, 6) is 0.473. The molecule has 0 radical (unpaired) electrons. The van der Waals surface area contributed by atoms with Crippen molar-refractivity contribution in [2.24, 2.45) is 11.3 Å². The quantitative estimate of drug-likeness (QED) is 0.549. The van der Waals surface area contributed by atoms with Crippen LogP contribution >= 0.6 is 0 Å².